The van der Waals surface area contributed by atoms with E-state index < -0.39 is 12.0 Å². The van der Waals surface area contributed by atoms with Crippen molar-refractivity contribution in [1.29, 1.82) is 0 Å². The topological polar surface area (TPSA) is 76.7 Å². The van der Waals surface area contributed by atoms with Crippen LogP contribution in [-0.2, 0) is 9.53 Å². The van der Waals surface area contributed by atoms with Gasteiger partial charge in [0.1, 0.15) is 12.4 Å². The van der Waals surface area contributed by atoms with Gasteiger partial charge in [-0.2, -0.15) is 0 Å². The van der Waals surface area contributed by atoms with E-state index in [0.29, 0.717) is 23.6 Å². The van der Waals surface area contributed by atoms with Crippen LogP contribution < -0.4 is 15.4 Å². The van der Waals surface area contributed by atoms with Crippen LogP contribution in [0, 0.1) is 0 Å². The molecular formula is C18H22N2O4. The van der Waals surface area contributed by atoms with Gasteiger partial charge in [0, 0.05) is 5.70 Å². The monoisotopic (exact) mass is 330 g/mol. The number of benzene rings is 1. The van der Waals surface area contributed by atoms with Crippen LogP contribution in [0.4, 0.5) is 4.79 Å². The summed E-state index contributed by atoms with van der Waals surface area (Å²) in [7, 11) is 0. The minimum atomic E-state index is -0.586. The molecule has 1 aliphatic heterocycles. The predicted molar refractivity (Wildman–Crippen MR) is 90.5 cm³/mol. The van der Waals surface area contributed by atoms with Crippen LogP contribution in [0.5, 0.6) is 5.75 Å². The first-order valence-corrected chi connectivity index (χ1v) is 7.86. The van der Waals surface area contributed by atoms with Gasteiger partial charge in [-0.1, -0.05) is 24.3 Å². The maximum Gasteiger partial charge on any atom is 0.338 e. The zero-order valence-corrected chi connectivity index (χ0v) is 14.1. The molecule has 128 valence electrons. The molecule has 1 aromatic rings. The summed E-state index contributed by atoms with van der Waals surface area (Å²) < 4.78 is 10.7. The number of nitrogens with one attached hydrogen (secondary N) is 2. The molecule has 2 N–H and O–H groups in total. The number of carbonyl (C=O) groups excluding carboxylic acids is 2. The molecule has 0 saturated heterocycles. The number of amides is 2. The molecule has 2 amide bonds. The number of esters is 1. The number of urea groups is 1. The number of allylic oxidation sites excluding steroid dienone is 2. The molecule has 1 aliphatic rings. The van der Waals surface area contributed by atoms with E-state index in [-0.39, 0.29) is 12.6 Å². The first-order chi connectivity index (χ1) is 11.6. The maximum absolute atomic E-state index is 12.4. The van der Waals surface area contributed by atoms with E-state index in [1.807, 2.05) is 38.1 Å². The number of hydrogen-bond donors (Lipinski definition) is 2. The quantitative estimate of drug-likeness (QED) is 0.621. The van der Waals surface area contributed by atoms with Crippen LogP contribution in [0.2, 0.25) is 0 Å². The van der Waals surface area contributed by atoms with Gasteiger partial charge in [0.2, 0.25) is 0 Å². The van der Waals surface area contributed by atoms with Gasteiger partial charge in [-0.25, -0.2) is 9.59 Å². The molecule has 6 nitrogen and oxygen atoms in total. The predicted octanol–water partition coefficient (Wildman–Crippen LogP) is 2.83. The Bertz CT molecular complexity index is 679. The highest BCUT2D eigenvalue weighted by Gasteiger charge is 2.32. The Morgan fingerprint density at radius 3 is 2.88 bits per heavy atom. The summed E-state index contributed by atoms with van der Waals surface area (Å²) in [5.41, 5.74) is 1.62. The van der Waals surface area contributed by atoms with Crippen molar-refractivity contribution in [2.24, 2.45) is 0 Å². The Kier molecular flexibility index (Phi) is 6.01. The average molecular weight is 330 g/mol. The number of carbonyl (C=O) groups is 2. The summed E-state index contributed by atoms with van der Waals surface area (Å²) in [6.07, 6.45) is 3.55. The summed E-state index contributed by atoms with van der Waals surface area (Å²) in [5, 5.41) is 5.39. The van der Waals surface area contributed by atoms with Crippen molar-refractivity contribution < 1.29 is 19.1 Å². The molecule has 0 spiro atoms. The molecule has 2 rings (SSSR count). The molecule has 1 unspecified atom stereocenters. The van der Waals surface area contributed by atoms with Crippen molar-refractivity contribution in [2.45, 2.75) is 26.8 Å². The number of hydrogen-bond acceptors (Lipinski definition) is 4. The lowest BCUT2D eigenvalue weighted by Gasteiger charge is -2.28. The standard InChI is InChI=1S/C18H22N2O4/c1-4-6-10-24-17(21)15-12(3)19-18(22)20-16(15)13-8-7-9-14(11-13)23-5-2/h4,6-9,11,16H,5,10H2,1-3H3,(H2,19,20,22)/b6-4+. The van der Waals surface area contributed by atoms with Crippen molar-refractivity contribution in [1.82, 2.24) is 10.6 Å². The van der Waals surface area contributed by atoms with Gasteiger partial charge in [-0.3, -0.25) is 0 Å². The molecule has 0 saturated carbocycles. The van der Waals surface area contributed by atoms with Gasteiger partial charge in [0.25, 0.3) is 0 Å². The van der Waals surface area contributed by atoms with Gasteiger partial charge in [0.15, 0.2) is 0 Å². The Labute approximate surface area is 141 Å². The summed E-state index contributed by atoms with van der Waals surface area (Å²) in [5.74, 6) is 0.215. The smallest absolute Gasteiger partial charge is 0.338 e. The molecule has 6 heteroatoms. The van der Waals surface area contributed by atoms with Gasteiger partial charge in [-0.05, 0) is 38.5 Å². The lowest BCUT2D eigenvalue weighted by molar-refractivity contribution is -0.138. The third-order valence-corrected chi connectivity index (χ3v) is 3.54. The fourth-order valence-electron chi connectivity index (χ4n) is 2.46. The summed E-state index contributed by atoms with van der Waals surface area (Å²) >= 11 is 0. The summed E-state index contributed by atoms with van der Waals surface area (Å²) in [6.45, 7) is 6.15. The zero-order valence-electron chi connectivity index (χ0n) is 14.1. The van der Waals surface area contributed by atoms with E-state index in [1.165, 1.54) is 0 Å². The third kappa shape index (κ3) is 4.16. The van der Waals surface area contributed by atoms with E-state index >= 15 is 0 Å². The molecular weight excluding hydrogens is 308 g/mol. The van der Waals surface area contributed by atoms with Crippen molar-refractivity contribution in [3.63, 3.8) is 0 Å². The van der Waals surface area contributed by atoms with Crippen LogP contribution in [0.1, 0.15) is 32.4 Å². The molecule has 0 radical (unpaired) electrons. The Morgan fingerprint density at radius 2 is 2.17 bits per heavy atom. The highest BCUT2D eigenvalue weighted by atomic mass is 16.5. The molecule has 24 heavy (non-hydrogen) atoms. The Balaban J connectivity index is 2.34. The van der Waals surface area contributed by atoms with E-state index in [4.69, 9.17) is 9.47 Å². The minimum absolute atomic E-state index is 0.186. The van der Waals surface area contributed by atoms with Crippen molar-refractivity contribution in [2.75, 3.05) is 13.2 Å². The van der Waals surface area contributed by atoms with Crippen LogP contribution in [-0.4, -0.2) is 25.2 Å². The lowest BCUT2D eigenvalue weighted by Crippen LogP contribution is -2.45. The lowest BCUT2D eigenvalue weighted by atomic mass is 9.95. The van der Waals surface area contributed by atoms with Crippen LogP contribution in [0.3, 0.4) is 0 Å². The van der Waals surface area contributed by atoms with Crippen molar-refractivity contribution >= 4 is 12.0 Å². The number of ether oxygens (including phenoxy) is 2. The first kappa shape index (κ1) is 17.6. The SMILES string of the molecule is C/C=C/COC(=O)C1=C(C)NC(=O)NC1c1cccc(OCC)c1. The van der Waals surface area contributed by atoms with E-state index in [2.05, 4.69) is 10.6 Å². The van der Waals surface area contributed by atoms with Gasteiger partial charge in [-0.15, -0.1) is 0 Å². The summed E-state index contributed by atoms with van der Waals surface area (Å²) in [4.78, 5) is 24.3. The Morgan fingerprint density at radius 1 is 1.38 bits per heavy atom. The largest absolute Gasteiger partial charge is 0.494 e. The normalized spacial score (nSPS) is 17.5. The maximum atomic E-state index is 12.4. The zero-order chi connectivity index (χ0) is 17.5. The van der Waals surface area contributed by atoms with Gasteiger partial charge in [0.05, 0.1) is 18.2 Å². The third-order valence-electron chi connectivity index (χ3n) is 3.54. The second-order valence-electron chi connectivity index (χ2n) is 5.24. The summed E-state index contributed by atoms with van der Waals surface area (Å²) in [6, 6.07) is 6.36. The van der Waals surface area contributed by atoms with Crippen LogP contribution >= 0.6 is 0 Å². The second kappa shape index (κ2) is 8.19. The molecule has 1 atom stereocenters. The highest BCUT2D eigenvalue weighted by Crippen LogP contribution is 2.29. The van der Waals surface area contributed by atoms with E-state index in [1.54, 1.807) is 19.1 Å². The molecule has 1 aromatic carbocycles. The van der Waals surface area contributed by atoms with Crippen LogP contribution in [0.15, 0.2) is 47.7 Å². The fraction of sp³-hybridized carbons (Fsp3) is 0.333. The highest BCUT2D eigenvalue weighted by molar-refractivity contribution is 5.95. The van der Waals surface area contributed by atoms with Gasteiger partial charge >= 0.3 is 12.0 Å². The molecule has 0 aliphatic carbocycles. The Hall–Kier alpha value is -2.76. The number of rotatable bonds is 6. The van der Waals surface area contributed by atoms with Crippen molar-refractivity contribution in [3.8, 4) is 5.75 Å². The van der Waals surface area contributed by atoms with Crippen LogP contribution in [0.25, 0.3) is 0 Å². The van der Waals surface area contributed by atoms with E-state index in [0.717, 1.165) is 5.56 Å². The molecule has 0 fully saturated rings. The van der Waals surface area contributed by atoms with Crippen molar-refractivity contribution in [3.05, 3.63) is 53.3 Å². The molecule has 1 heterocycles. The molecule has 0 bridgehead atoms. The first-order valence-electron chi connectivity index (χ1n) is 7.86. The van der Waals surface area contributed by atoms with Gasteiger partial charge < -0.3 is 20.1 Å². The fourth-order valence-corrected chi connectivity index (χ4v) is 2.46. The molecule has 0 aromatic heterocycles. The second-order valence-corrected chi connectivity index (χ2v) is 5.24. The minimum Gasteiger partial charge on any atom is -0.494 e. The van der Waals surface area contributed by atoms with E-state index in [9.17, 15) is 9.59 Å². The average Bonchev–Trinajstić information content (AvgIpc) is 2.55.